The number of amides is 1. The molecule has 17 nitrogen and oxygen atoms in total. The molecule has 0 saturated carbocycles. The molecule has 65 heavy (non-hydrogen) atoms. The van der Waals surface area contributed by atoms with E-state index in [-0.39, 0.29) is 37.8 Å². The van der Waals surface area contributed by atoms with Crippen molar-refractivity contribution in [2.45, 2.75) is 9.79 Å². The first-order valence-electron chi connectivity index (χ1n) is 18.8. The third-order valence-electron chi connectivity index (χ3n) is 9.67. The Kier molecular flexibility index (Phi) is 13.7. The SMILES string of the molecule is Nc1cccc2cccc(S(=O)(=O)O)c12.O=C(Nc1cccc2cccc(S(=O)(=O)O)c12)c1ccc(-c2ccc([N+](=O)[O-])cc2)cc1.O=C(O)c1ccc(-c2ccc([N+](=O)[O-])cc2)cc1. The van der Waals surface area contributed by atoms with Crippen molar-refractivity contribution in [3.63, 3.8) is 0 Å². The van der Waals surface area contributed by atoms with Crippen LogP contribution < -0.4 is 11.1 Å². The monoisotopic (exact) mass is 914 g/mol. The summed E-state index contributed by atoms with van der Waals surface area (Å²) in [5, 5.41) is 34.6. The topological polar surface area (TPSA) is 287 Å². The summed E-state index contributed by atoms with van der Waals surface area (Å²) in [4.78, 5) is 43.4. The summed E-state index contributed by atoms with van der Waals surface area (Å²) in [6.07, 6.45) is 0. The van der Waals surface area contributed by atoms with Gasteiger partial charge in [0.2, 0.25) is 0 Å². The Hall–Kier alpha value is -8.36. The number of hydrogen-bond acceptors (Lipinski definition) is 11. The van der Waals surface area contributed by atoms with Gasteiger partial charge in [0.1, 0.15) is 9.79 Å². The first kappa shape index (κ1) is 46.2. The standard InChI is InChI=1S/C23H16N2O6S.C13H9NO4.C10H9NO3S/c26-23(18-9-7-15(8-10-18)16-11-13-19(14-12-16)25(27)28)24-20-5-1-3-17-4-2-6-21(22(17)20)32(29,30)31;15-13(16)11-3-1-9(2-4-11)10-5-7-12(8-6-10)14(17)18;11-8-5-1-3-7-4-2-6-9(10(7)8)15(12,13)14/h1-14H,(H,24,26)(H,29,30,31);1-8H,(H,15,16);1-6H,11H2,(H,12,13,14). The highest BCUT2D eigenvalue weighted by Crippen LogP contribution is 2.31. The van der Waals surface area contributed by atoms with Crippen LogP contribution in [-0.4, -0.2) is 52.8 Å². The Balaban J connectivity index is 0.000000178. The highest BCUT2D eigenvalue weighted by molar-refractivity contribution is 7.86. The highest BCUT2D eigenvalue weighted by atomic mass is 32.2. The van der Waals surface area contributed by atoms with Crippen molar-refractivity contribution < 1.29 is 50.5 Å². The van der Waals surface area contributed by atoms with Crippen molar-refractivity contribution in [1.29, 1.82) is 0 Å². The molecule has 0 heterocycles. The minimum atomic E-state index is -4.49. The van der Waals surface area contributed by atoms with Crippen molar-refractivity contribution in [2.75, 3.05) is 11.1 Å². The zero-order valence-corrected chi connectivity index (χ0v) is 35.0. The lowest BCUT2D eigenvalue weighted by atomic mass is 10.0. The normalized spacial score (nSPS) is 11.0. The summed E-state index contributed by atoms with van der Waals surface area (Å²) in [7, 11) is -8.72. The van der Waals surface area contributed by atoms with Crippen LogP contribution in [0.2, 0.25) is 0 Å². The van der Waals surface area contributed by atoms with Gasteiger partial charge in [-0.1, -0.05) is 72.8 Å². The molecule has 0 unspecified atom stereocenters. The summed E-state index contributed by atoms with van der Waals surface area (Å²) in [5.74, 6) is -1.44. The predicted molar refractivity (Wildman–Crippen MR) is 244 cm³/mol. The van der Waals surface area contributed by atoms with E-state index in [9.17, 15) is 51.2 Å². The Bertz CT molecular complexity index is 3260. The molecule has 8 aromatic carbocycles. The molecule has 8 rings (SSSR count). The van der Waals surface area contributed by atoms with Gasteiger partial charge in [-0.3, -0.25) is 34.1 Å². The van der Waals surface area contributed by atoms with Crippen molar-refractivity contribution in [3.8, 4) is 22.3 Å². The summed E-state index contributed by atoms with van der Waals surface area (Å²) < 4.78 is 64.4. The number of hydrogen-bond donors (Lipinski definition) is 5. The molecule has 0 saturated heterocycles. The van der Waals surface area contributed by atoms with E-state index in [0.29, 0.717) is 27.4 Å². The lowest BCUT2D eigenvalue weighted by Gasteiger charge is -2.12. The van der Waals surface area contributed by atoms with E-state index in [0.717, 1.165) is 22.3 Å². The number of fused-ring (bicyclic) bond motifs is 2. The Labute approximate surface area is 369 Å². The van der Waals surface area contributed by atoms with Crippen LogP contribution in [-0.2, 0) is 20.2 Å². The average molecular weight is 915 g/mol. The lowest BCUT2D eigenvalue weighted by molar-refractivity contribution is -0.385. The molecular weight excluding hydrogens is 881 g/mol. The second-order valence-corrected chi connectivity index (χ2v) is 16.6. The smallest absolute Gasteiger partial charge is 0.335 e. The fraction of sp³-hybridized carbons (Fsp3) is 0. The molecule has 328 valence electrons. The number of carboxylic acids is 1. The van der Waals surface area contributed by atoms with Gasteiger partial charge in [0.05, 0.1) is 21.1 Å². The van der Waals surface area contributed by atoms with Crippen molar-refractivity contribution in [1.82, 2.24) is 0 Å². The molecule has 0 aliphatic heterocycles. The average Bonchev–Trinajstić information content (AvgIpc) is 3.29. The molecule has 0 radical (unpaired) electrons. The maximum absolute atomic E-state index is 12.8. The van der Waals surface area contributed by atoms with Gasteiger partial charge < -0.3 is 16.2 Å². The van der Waals surface area contributed by atoms with Crippen LogP contribution >= 0.6 is 0 Å². The van der Waals surface area contributed by atoms with Crippen LogP contribution in [0.25, 0.3) is 43.8 Å². The molecule has 1 amide bonds. The Morgan fingerprint density at radius 1 is 0.492 bits per heavy atom. The number of nitrogens with zero attached hydrogens (tertiary/aromatic N) is 2. The van der Waals surface area contributed by atoms with Gasteiger partial charge in [0.25, 0.3) is 37.5 Å². The first-order valence-corrected chi connectivity index (χ1v) is 21.7. The summed E-state index contributed by atoms with van der Waals surface area (Å²) >= 11 is 0. The number of benzene rings is 8. The first-order chi connectivity index (χ1) is 30.8. The van der Waals surface area contributed by atoms with Crippen LogP contribution in [0.4, 0.5) is 22.7 Å². The van der Waals surface area contributed by atoms with E-state index in [1.165, 1.54) is 54.6 Å². The summed E-state index contributed by atoms with van der Waals surface area (Å²) in [6, 6.07) is 44.2. The predicted octanol–water partition coefficient (Wildman–Crippen LogP) is 9.54. The number of carboxylic acid groups (broad SMARTS) is 1. The Morgan fingerprint density at radius 3 is 1.25 bits per heavy atom. The van der Waals surface area contributed by atoms with E-state index in [2.05, 4.69) is 5.32 Å². The molecule has 0 bridgehead atoms. The molecule has 0 atom stereocenters. The largest absolute Gasteiger partial charge is 0.478 e. The maximum Gasteiger partial charge on any atom is 0.335 e. The molecule has 0 spiro atoms. The third-order valence-corrected chi connectivity index (χ3v) is 11.5. The second kappa shape index (κ2) is 19.4. The van der Waals surface area contributed by atoms with E-state index in [1.807, 2.05) is 0 Å². The summed E-state index contributed by atoms with van der Waals surface area (Å²) in [6.45, 7) is 0. The molecule has 6 N–H and O–H groups in total. The van der Waals surface area contributed by atoms with Gasteiger partial charge in [-0.2, -0.15) is 16.8 Å². The molecule has 8 aromatic rings. The van der Waals surface area contributed by atoms with Crippen LogP contribution in [0.15, 0.2) is 180 Å². The number of nitro groups is 2. The van der Waals surface area contributed by atoms with E-state index in [1.54, 1.807) is 115 Å². The number of nitrogens with two attached hydrogens (primary N) is 1. The molecule has 0 fully saturated rings. The van der Waals surface area contributed by atoms with E-state index >= 15 is 0 Å². The molecule has 0 aromatic heterocycles. The van der Waals surface area contributed by atoms with Crippen molar-refractivity contribution in [2.24, 2.45) is 0 Å². The van der Waals surface area contributed by atoms with Gasteiger partial charge in [-0.15, -0.1) is 0 Å². The van der Waals surface area contributed by atoms with E-state index in [4.69, 9.17) is 15.4 Å². The number of nitrogens with one attached hydrogen (secondary N) is 1. The van der Waals surface area contributed by atoms with Gasteiger partial charge in [-0.05, 0) is 106 Å². The van der Waals surface area contributed by atoms with Crippen LogP contribution in [0.5, 0.6) is 0 Å². The molecule has 0 aliphatic rings. The van der Waals surface area contributed by atoms with Crippen LogP contribution in [0.1, 0.15) is 20.7 Å². The zero-order chi connectivity index (χ0) is 47.1. The number of rotatable bonds is 9. The zero-order valence-electron chi connectivity index (χ0n) is 33.4. The third kappa shape index (κ3) is 11.2. The highest BCUT2D eigenvalue weighted by Gasteiger charge is 2.19. The van der Waals surface area contributed by atoms with Crippen LogP contribution in [0, 0.1) is 20.2 Å². The minimum Gasteiger partial charge on any atom is -0.478 e. The number of nitro benzene ring substituents is 2. The summed E-state index contributed by atoms with van der Waals surface area (Å²) in [5.41, 5.74) is 9.97. The lowest BCUT2D eigenvalue weighted by Crippen LogP contribution is -2.13. The second-order valence-electron chi connectivity index (χ2n) is 13.8. The maximum atomic E-state index is 12.8. The fourth-order valence-corrected chi connectivity index (χ4v) is 8.02. The molecule has 19 heteroatoms. The number of aromatic carboxylic acids is 1. The van der Waals surface area contributed by atoms with Gasteiger partial charge in [0, 0.05) is 46.3 Å². The molecule has 0 aliphatic carbocycles. The number of nitrogen functional groups attached to an aromatic ring is 1. The quantitative estimate of drug-likeness (QED) is 0.0390. The molecular formula is C46H34N4O13S2. The number of non-ortho nitro benzene ring substituents is 2. The van der Waals surface area contributed by atoms with Crippen LogP contribution in [0.3, 0.4) is 0 Å². The fourth-order valence-electron chi connectivity index (χ4n) is 6.54. The van der Waals surface area contributed by atoms with Gasteiger partial charge in [0.15, 0.2) is 0 Å². The number of carbonyl (C=O) groups is 2. The van der Waals surface area contributed by atoms with E-state index < -0.39 is 42.0 Å². The number of anilines is 2. The Morgan fingerprint density at radius 2 is 0.846 bits per heavy atom. The minimum absolute atomic E-state index is 0.0101. The van der Waals surface area contributed by atoms with Crippen molar-refractivity contribution in [3.05, 3.63) is 201 Å². The van der Waals surface area contributed by atoms with Gasteiger partial charge >= 0.3 is 5.97 Å². The van der Waals surface area contributed by atoms with Crippen molar-refractivity contribution >= 4 is 76.4 Å². The number of carbonyl (C=O) groups excluding carboxylic acids is 1. The van der Waals surface area contributed by atoms with Gasteiger partial charge in [-0.25, -0.2) is 4.79 Å².